The number of amides is 2. The van der Waals surface area contributed by atoms with E-state index in [0.717, 1.165) is 11.3 Å². The number of halogens is 1. The third-order valence-electron chi connectivity index (χ3n) is 3.19. The van der Waals surface area contributed by atoms with Gasteiger partial charge in [-0.15, -0.1) is 0 Å². The van der Waals surface area contributed by atoms with Crippen LogP contribution in [0.4, 0.5) is 10.5 Å². The average molecular weight is 319 g/mol. The Morgan fingerprint density at radius 2 is 1.86 bits per heavy atom. The summed E-state index contributed by atoms with van der Waals surface area (Å²) in [7, 11) is 0. The van der Waals surface area contributed by atoms with Crippen molar-refractivity contribution in [3.8, 4) is 5.75 Å². The van der Waals surface area contributed by atoms with Gasteiger partial charge in [-0.05, 0) is 43.7 Å². The number of anilines is 1. The second-order valence-corrected chi connectivity index (χ2v) is 5.36. The van der Waals surface area contributed by atoms with Crippen LogP contribution in [0.25, 0.3) is 0 Å². The number of nitrogens with one attached hydrogen (secondary N) is 2. The van der Waals surface area contributed by atoms with Crippen LogP contribution < -0.4 is 15.4 Å². The van der Waals surface area contributed by atoms with Gasteiger partial charge in [-0.1, -0.05) is 35.4 Å². The van der Waals surface area contributed by atoms with E-state index in [-0.39, 0.29) is 6.03 Å². The van der Waals surface area contributed by atoms with E-state index < -0.39 is 0 Å². The number of ether oxygens (including phenoxy) is 1. The van der Waals surface area contributed by atoms with Gasteiger partial charge in [-0.25, -0.2) is 4.79 Å². The molecular weight excluding hydrogens is 300 g/mol. The number of hydrogen-bond acceptors (Lipinski definition) is 2. The molecule has 0 atom stereocenters. The molecule has 116 valence electrons. The Morgan fingerprint density at radius 1 is 1.14 bits per heavy atom. The Morgan fingerprint density at radius 3 is 2.59 bits per heavy atom. The lowest BCUT2D eigenvalue weighted by Gasteiger charge is -2.11. The zero-order valence-corrected chi connectivity index (χ0v) is 13.4. The molecule has 2 rings (SSSR count). The van der Waals surface area contributed by atoms with E-state index in [4.69, 9.17) is 16.3 Å². The average Bonchev–Trinajstić information content (AvgIpc) is 2.50. The molecule has 0 spiro atoms. The van der Waals surface area contributed by atoms with Crippen LogP contribution in [0, 0.1) is 13.8 Å². The van der Waals surface area contributed by atoms with Crippen molar-refractivity contribution in [2.45, 2.75) is 13.8 Å². The first kappa shape index (κ1) is 16.2. The Labute approximate surface area is 135 Å². The summed E-state index contributed by atoms with van der Waals surface area (Å²) in [6.07, 6.45) is 0. The van der Waals surface area contributed by atoms with Crippen LogP contribution in [0.2, 0.25) is 5.02 Å². The van der Waals surface area contributed by atoms with Crippen LogP contribution in [0.5, 0.6) is 5.75 Å². The van der Waals surface area contributed by atoms with Gasteiger partial charge in [0.25, 0.3) is 0 Å². The zero-order chi connectivity index (χ0) is 15.9. The van der Waals surface area contributed by atoms with Gasteiger partial charge in [0.2, 0.25) is 0 Å². The van der Waals surface area contributed by atoms with Crippen LogP contribution in [0.1, 0.15) is 11.1 Å². The van der Waals surface area contributed by atoms with Gasteiger partial charge in [0, 0.05) is 10.7 Å². The van der Waals surface area contributed by atoms with E-state index in [2.05, 4.69) is 10.6 Å². The maximum absolute atomic E-state index is 11.8. The van der Waals surface area contributed by atoms with Gasteiger partial charge in [-0.2, -0.15) is 0 Å². The van der Waals surface area contributed by atoms with Gasteiger partial charge < -0.3 is 15.4 Å². The fourth-order valence-electron chi connectivity index (χ4n) is 1.88. The molecule has 0 saturated heterocycles. The zero-order valence-electron chi connectivity index (χ0n) is 12.7. The highest BCUT2D eigenvalue weighted by Crippen LogP contribution is 2.22. The van der Waals surface area contributed by atoms with Gasteiger partial charge in [-0.3, -0.25) is 0 Å². The van der Waals surface area contributed by atoms with Crippen LogP contribution in [-0.4, -0.2) is 19.2 Å². The minimum atomic E-state index is -0.280. The van der Waals surface area contributed by atoms with E-state index in [9.17, 15) is 4.79 Å². The Bertz CT molecular complexity index is 642. The summed E-state index contributed by atoms with van der Waals surface area (Å²) >= 11 is 6.01. The van der Waals surface area contributed by atoms with Crippen LogP contribution in [0.15, 0.2) is 42.5 Å². The molecule has 0 aromatic heterocycles. The summed E-state index contributed by atoms with van der Waals surface area (Å²) in [5.74, 6) is 0.790. The number of urea groups is 1. The second kappa shape index (κ2) is 7.71. The molecule has 5 heteroatoms. The lowest BCUT2D eigenvalue weighted by Crippen LogP contribution is -2.32. The summed E-state index contributed by atoms with van der Waals surface area (Å²) in [5, 5.41) is 6.13. The second-order valence-electron chi connectivity index (χ2n) is 4.95. The van der Waals surface area contributed by atoms with Gasteiger partial charge in [0.1, 0.15) is 12.4 Å². The van der Waals surface area contributed by atoms with Crippen LogP contribution in [0.3, 0.4) is 0 Å². The van der Waals surface area contributed by atoms with E-state index in [0.29, 0.717) is 23.9 Å². The maximum Gasteiger partial charge on any atom is 0.319 e. The molecule has 4 nitrogen and oxygen atoms in total. The molecule has 0 aliphatic carbocycles. The molecule has 0 saturated carbocycles. The lowest BCUT2D eigenvalue weighted by atomic mass is 10.2. The van der Waals surface area contributed by atoms with E-state index >= 15 is 0 Å². The van der Waals surface area contributed by atoms with Crippen molar-refractivity contribution in [2.75, 3.05) is 18.5 Å². The number of carbonyl (C=O) groups excluding carboxylic acids is 1. The van der Waals surface area contributed by atoms with Crippen LogP contribution in [-0.2, 0) is 0 Å². The smallest absolute Gasteiger partial charge is 0.319 e. The molecule has 0 aliphatic rings. The largest absolute Gasteiger partial charge is 0.492 e. The highest BCUT2D eigenvalue weighted by atomic mass is 35.5. The summed E-state index contributed by atoms with van der Waals surface area (Å²) in [6.45, 7) is 4.70. The summed E-state index contributed by atoms with van der Waals surface area (Å²) < 4.78 is 5.54. The summed E-state index contributed by atoms with van der Waals surface area (Å²) in [6, 6.07) is 12.9. The number of hydrogen-bond donors (Lipinski definition) is 2. The molecule has 2 N–H and O–H groups in total. The molecule has 0 unspecified atom stereocenters. The minimum Gasteiger partial charge on any atom is -0.492 e. The summed E-state index contributed by atoms with van der Waals surface area (Å²) in [5.41, 5.74) is 2.72. The third kappa shape index (κ3) is 4.67. The highest BCUT2D eigenvalue weighted by Gasteiger charge is 2.05. The first-order valence-corrected chi connectivity index (χ1v) is 7.43. The number of benzene rings is 2. The normalized spacial score (nSPS) is 10.1. The Hall–Kier alpha value is -2.20. The topological polar surface area (TPSA) is 50.4 Å². The van der Waals surface area contributed by atoms with E-state index in [1.54, 1.807) is 12.1 Å². The van der Waals surface area contributed by atoms with Crippen molar-refractivity contribution < 1.29 is 9.53 Å². The third-order valence-corrected chi connectivity index (χ3v) is 3.60. The van der Waals surface area contributed by atoms with Crippen LogP contribution >= 0.6 is 11.6 Å². The van der Waals surface area contributed by atoms with Crippen molar-refractivity contribution in [3.05, 3.63) is 58.6 Å². The van der Waals surface area contributed by atoms with E-state index in [1.807, 2.05) is 44.2 Å². The van der Waals surface area contributed by atoms with Gasteiger partial charge in [0.05, 0.1) is 6.54 Å². The maximum atomic E-state index is 11.8. The van der Waals surface area contributed by atoms with Gasteiger partial charge in [0.15, 0.2) is 0 Å². The van der Waals surface area contributed by atoms with Crippen molar-refractivity contribution in [1.82, 2.24) is 5.32 Å². The van der Waals surface area contributed by atoms with E-state index in [1.165, 1.54) is 5.56 Å². The fraction of sp³-hybridized carbons (Fsp3) is 0.235. The molecule has 2 amide bonds. The SMILES string of the molecule is Cc1ccc(OCCNC(=O)Nc2cccc(Cl)c2C)cc1. The summed E-state index contributed by atoms with van der Waals surface area (Å²) in [4.78, 5) is 11.8. The van der Waals surface area contributed by atoms with Crippen molar-refractivity contribution in [1.29, 1.82) is 0 Å². The molecule has 0 fully saturated rings. The molecule has 22 heavy (non-hydrogen) atoms. The monoisotopic (exact) mass is 318 g/mol. The number of aryl methyl sites for hydroxylation is 1. The molecule has 0 radical (unpaired) electrons. The molecule has 0 heterocycles. The first-order chi connectivity index (χ1) is 10.6. The van der Waals surface area contributed by atoms with Crippen molar-refractivity contribution >= 4 is 23.3 Å². The predicted octanol–water partition coefficient (Wildman–Crippen LogP) is 4.16. The fourth-order valence-corrected chi connectivity index (χ4v) is 2.05. The minimum absolute atomic E-state index is 0.280. The first-order valence-electron chi connectivity index (χ1n) is 7.05. The van der Waals surface area contributed by atoms with Crippen molar-refractivity contribution in [3.63, 3.8) is 0 Å². The molecule has 2 aromatic rings. The molecular formula is C17H19ClN2O2. The lowest BCUT2D eigenvalue weighted by molar-refractivity contribution is 0.247. The van der Waals surface area contributed by atoms with Gasteiger partial charge >= 0.3 is 6.03 Å². The standard InChI is InChI=1S/C17H19ClN2O2/c1-12-6-8-14(9-7-12)22-11-10-19-17(21)20-16-5-3-4-15(18)13(16)2/h3-9H,10-11H2,1-2H3,(H2,19,20,21). The predicted molar refractivity (Wildman–Crippen MR) is 89.9 cm³/mol. The Kier molecular flexibility index (Phi) is 5.67. The highest BCUT2D eigenvalue weighted by molar-refractivity contribution is 6.31. The number of rotatable bonds is 5. The Balaban J connectivity index is 1.74. The number of carbonyl (C=O) groups is 1. The van der Waals surface area contributed by atoms with Crippen molar-refractivity contribution in [2.24, 2.45) is 0 Å². The molecule has 2 aromatic carbocycles. The quantitative estimate of drug-likeness (QED) is 0.813. The molecule has 0 aliphatic heterocycles. The molecule has 0 bridgehead atoms.